The minimum absolute atomic E-state index is 0.430. The Morgan fingerprint density at radius 3 is 2.75 bits per heavy atom. The van der Waals surface area contributed by atoms with Crippen LogP contribution in [0.1, 0.15) is 18.3 Å². The van der Waals surface area contributed by atoms with Crippen LogP contribution in [0.5, 0.6) is 0 Å². The Bertz CT molecular complexity index is 306. The zero-order chi connectivity index (χ0) is 9.14. The summed E-state index contributed by atoms with van der Waals surface area (Å²) < 4.78 is 0. The third kappa shape index (κ3) is 1.58. The molecule has 0 fully saturated rings. The summed E-state index contributed by atoms with van der Waals surface area (Å²) in [5.74, 6) is 0.735. The summed E-state index contributed by atoms with van der Waals surface area (Å²) in [4.78, 5) is 8.30. The van der Waals surface area contributed by atoms with Crippen molar-refractivity contribution in [1.29, 1.82) is 5.41 Å². The monoisotopic (exact) mass is 164 g/mol. The molecule has 64 valence electrons. The third-order valence-electron chi connectivity index (χ3n) is 1.58. The van der Waals surface area contributed by atoms with Gasteiger partial charge in [0.05, 0.1) is 17.6 Å². The Balaban J connectivity index is 3.13. The van der Waals surface area contributed by atoms with Crippen molar-refractivity contribution in [3.05, 3.63) is 17.6 Å². The summed E-state index contributed by atoms with van der Waals surface area (Å²) in [6, 6.07) is 0. The van der Waals surface area contributed by atoms with Gasteiger partial charge in [-0.05, 0) is 13.8 Å². The second-order valence-corrected chi connectivity index (χ2v) is 2.56. The van der Waals surface area contributed by atoms with E-state index in [1.807, 2.05) is 6.92 Å². The van der Waals surface area contributed by atoms with Crippen molar-refractivity contribution >= 4 is 11.5 Å². The van der Waals surface area contributed by atoms with Crippen LogP contribution in [0.3, 0.4) is 0 Å². The van der Waals surface area contributed by atoms with Crippen LogP contribution in [0.2, 0.25) is 0 Å². The molecule has 0 radical (unpaired) electrons. The zero-order valence-corrected chi connectivity index (χ0v) is 7.47. The molecule has 0 aliphatic rings. The zero-order valence-electron chi connectivity index (χ0n) is 7.47. The molecule has 0 saturated carbocycles. The van der Waals surface area contributed by atoms with Gasteiger partial charge >= 0.3 is 0 Å². The largest absolute Gasteiger partial charge is 0.372 e. The minimum Gasteiger partial charge on any atom is -0.372 e. The van der Waals surface area contributed by atoms with Gasteiger partial charge in [0.25, 0.3) is 0 Å². The molecule has 0 aromatic carbocycles. The normalized spacial score (nSPS) is 9.58. The van der Waals surface area contributed by atoms with Crippen LogP contribution in [0.4, 0.5) is 5.82 Å². The summed E-state index contributed by atoms with van der Waals surface area (Å²) in [5.41, 5.74) is 1.89. The highest BCUT2D eigenvalue weighted by Crippen LogP contribution is 2.07. The first-order valence-electron chi connectivity index (χ1n) is 3.72. The second kappa shape index (κ2) is 3.30. The number of hydrogen-bond acceptors (Lipinski definition) is 4. The van der Waals surface area contributed by atoms with E-state index in [-0.39, 0.29) is 0 Å². The predicted octanol–water partition coefficient (Wildman–Crippen LogP) is 1.21. The molecule has 1 aromatic rings. The number of nitrogens with one attached hydrogen (secondary N) is 2. The van der Waals surface area contributed by atoms with Gasteiger partial charge in [0.2, 0.25) is 0 Å². The van der Waals surface area contributed by atoms with Gasteiger partial charge in [0, 0.05) is 7.05 Å². The standard InChI is InChI=1S/C8H12N4/c1-5(9)7-4-11-6(2)8(10-3)12-7/h4,9H,1-3H3,(H,10,12). The van der Waals surface area contributed by atoms with Crippen LogP contribution in [-0.2, 0) is 0 Å². The molecular formula is C8H12N4. The van der Waals surface area contributed by atoms with Crippen molar-refractivity contribution in [2.45, 2.75) is 13.8 Å². The van der Waals surface area contributed by atoms with Gasteiger partial charge in [0.15, 0.2) is 0 Å². The molecule has 0 aliphatic heterocycles. The van der Waals surface area contributed by atoms with E-state index in [2.05, 4.69) is 15.3 Å². The van der Waals surface area contributed by atoms with E-state index in [9.17, 15) is 0 Å². The van der Waals surface area contributed by atoms with Gasteiger partial charge < -0.3 is 10.7 Å². The second-order valence-electron chi connectivity index (χ2n) is 2.56. The Kier molecular flexibility index (Phi) is 2.38. The number of hydrogen-bond donors (Lipinski definition) is 2. The molecule has 0 saturated heterocycles. The predicted molar refractivity (Wildman–Crippen MR) is 48.8 cm³/mol. The van der Waals surface area contributed by atoms with E-state index < -0.39 is 0 Å². The molecule has 0 atom stereocenters. The number of nitrogens with zero attached hydrogens (tertiary/aromatic N) is 2. The molecule has 0 unspecified atom stereocenters. The molecule has 1 rings (SSSR count). The highest BCUT2D eigenvalue weighted by atomic mass is 15.0. The van der Waals surface area contributed by atoms with E-state index in [1.54, 1.807) is 20.2 Å². The first-order valence-corrected chi connectivity index (χ1v) is 3.72. The van der Waals surface area contributed by atoms with Gasteiger partial charge in [-0.1, -0.05) is 0 Å². The van der Waals surface area contributed by atoms with E-state index in [0.717, 1.165) is 11.5 Å². The molecule has 12 heavy (non-hydrogen) atoms. The van der Waals surface area contributed by atoms with Gasteiger partial charge in [-0.2, -0.15) is 0 Å². The topological polar surface area (TPSA) is 61.7 Å². The highest BCUT2D eigenvalue weighted by Gasteiger charge is 2.02. The summed E-state index contributed by atoms with van der Waals surface area (Å²) in [6.07, 6.45) is 1.61. The SMILES string of the molecule is CNc1nc(C(C)=N)cnc1C. The van der Waals surface area contributed by atoms with Crippen molar-refractivity contribution < 1.29 is 0 Å². The molecule has 0 spiro atoms. The van der Waals surface area contributed by atoms with Crippen molar-refractivity contribution in [2.24, 2.45) is 0 Å². The van der Waals surface area contributed by atoms with Crippen molar-refractivity contribution in [1.82, 2.24) is 9.97 Å². The van der Waals surface area contributed by atoms with Gasteiger partial charge in [-0.3, -0.25) is 4.98 Å². The molecule has 1 aromatic heterocycles. The molecule has 4 heteroatoms. The summed E-state index contributed by atoms with van der Waals surface area (Å²) >= 11 is 0. The Hall–Kier alpha value is -1.45. The smallest absolute Gasteiger partial charge is 0.147 e. The number of aryl methyl sites for hydroxylation is 1. The molecular weight excluding hydrogens is 152 g/mol. The number of aromatic nitrogens is 2. The van der Waals surface area contributed by atoms with Crippen LogP contribution in [0, 0.1) is 12.3 Å². The van der Waals surface area contributed by atoms with Crippen LogP contribution in [0.25, 0.3) is 0 Å². The van der Waals surface area contributed by atoms with Gasteiger partial charge in [-0.25, -0.2) is 4.98 Å². The van der Waals surface area contributed by atoms with Crippen molar-refractivity contribution in [2.75, 3.05) is 12.4 Å². The fraction of sp³-hybridized carbons (Fsp3) is 0.375. The van der Waals surface area contributed by atoms with Crippen LogP contribution in [-0.4, -0.2) is 22.7 Å². The molecule has 4 nitrogen and oxygen atoms in total. The Labute approximate surface area is 71.6 Å². The van der Waals surface area contributed by atoms with Crippen LogP contribution >= 0.6 is 0 Å². The van der Waals surface area contributed by atoms with Crippen LogP contribution in [0.15, 0.2) is 6.20 Å². The molecule has 1 heterocycles. The number of rotatable bonds is 2. The summed E-state index contributed by atoms with van der Waals surface area (Å²) in [7, 11) is 1.79. The minimum atomic E-state index is 0.430. The quantitative estimate of drug-likeness (QED) is 0.646. The first kappa shape index (κ1) is 8.64. The maximum atomic E-state index is 7.35. The average molecular weight is 164 g/mol. The Morgan fingerprint density at radius 2 is 2.25 bits per heavy atom. The van der Waals surface area contributed by atoms with E-state index in [1.165, 1.54) is 0 Å². The Morgan fingerprint density at radius 1 is 1.58 bits per heavy atom. The first-order chi connectivity index (χ1) is 5.65. The lowest BCUT2D eigenvalue weighted by Crippen LogP contribution is -2.04. The highest BCUT2D eigenvalue weighted by molar-refractivity contribution is 5.94. The lowest BCUT2D eigenvalue weighted by atomic mass is 10.3. The maximum Gasteiger partial charge on any atom is 0.147 e. The molecule has 2 N–H and O–H groups in total. The van der Waals surface area contributed by atoms with Crippen LogP contribution < -0.4 is 5.32 Å². The fourth-order valence-corrected chi connectivity index (χ4v) is 0.867. The molecule has 0 aliphatic carbocycles. The molecule has 0 amide bonds. The lowest BCUT2D eigenvalue weighted by molar-refractivity contribution is 1.09. The third-order valence-corrected chi connectivity index (χ3v) is 1.58. The van der Waals surface area contributed by atoms with Crippen molar-refractivity contribution in [3.63, 3.8) is 0 Å². The summed E-state index contributed by atoms with van der Waals surface area (Å²) in [6.45, 7) is 3.57. The van der Waals surface area contributed by atoms with Gasteiger partial charge in [0.1, 0.15) is 11.5 Å². The molecule has 0 bridgehead atoms. The summed E-state index contributed by atoms with van der Waals surface area (Å²) in [5, 5.41) is 10.3. The van der Waals surface area contributed by atoms with E-state index in [0.29, 0.717) is 11.4 Å². The van der Waals surface area contributed by atoms with E-state index >= 15 is 0 Å². The van der Waals surface area contributed by atoms with Gasteiger partial charge in [-0.15, -0.1) is 0 Å². The lowest BCUT2D eigenvalue weighted by Gasteiger charge is -2.04. The fourth-order valence-electron chi connectivity index (χ4n) is 0.867. The number of anilines is 1. The maximum absolute atomic E-state index is 7.35. The van der Waals surface area contributed by atoms with E-state index in [4.69, 9.17) is 5.41 Å². The van der Waals surface area contributed by atoms with Crippen molar-refractivity contribution in [3.8, 4) is 0 Å². The average Bonchev–Trinajstić information content (AvgIpc) is 2.05.